The van der Waals surface area contributed by atoms with Crippen LogP contribution in [0.1, 0.15) is 26.3 Å². The molecule has 0 aliphatic rings. The fourth-order valence-electron chi connectivity index (χ4n) is 1.49. The summed E-state index contributed by atoms with van der Waals surface area (Å²) >= 11 is 0. The third-order valence-corrected chi connectivity index (χ3v) is 2.79. The van der Waals surface area contributed by atoms with Crippen molar-refractivity contribution in [2.24, 2.45) is 0 Å². The van der Waals surface area contributed by atoms with Gasteiger partial charge in [0.1, 0.15) is 12.4 Å². The van der Waals surface area contributed by atoms with Crippen LogP contribution < -0.4 is 10.1 Å². The van der Waals surface area contributed by atoms with Crippen LogP contribution in [0.4, 0.5) is 0 Å². The van der Waals surface area contributed by atoms with Crippen molar-refractivity contribution in [3.05, 3.63) is 29.8 Å². The zero-order valence-electron chi connectivity index (χ0n) is 11.1. The lowest BCUT2D eigenvalue weighted by Crippen LogP contribution is -2.43. The van der Waals surface area contributed by atoms with Crippen LogP contribution in [0.3, 0.4) is 0 Å². The van der Waals surface area contributed by atoms with Gasteiger partial charge in [-0.25, -0.2) is 0 Å². The molecule has 96 valence electrons. The highest BCUT2D eigenvalue weighted by Crippen LogP contribution is 2.11. The fourth-order valence-corrected chi connectivity index (χ4v) is 1.49. The number of rotatable bonds is 6. The Balaban J connectivity index is 2.33. The molecule has 17 heavy (non-hydrogen) atoms. The molecule has 0 fully saturated rings. The second-order valence-electron chi connectivity index (χ2n) is 4.72. The van der Waals surface area contributed by atoms with Crippen molar-refractivity contribution in [2.75, 3.05) is 6.61 Å². The van der Waals surface area contributed by atoms with Gasteiger partial charge in [-0.05, 0) is 39.8 Å². The maximum Gasteiger partial charge on any atom is 0.119 e. The third kappa shape index (κ3) is 5.20. The van der Waals surface area contributed by atoms with Crippen LogP contribution in [-0.2, 0) is 0 Å². The molecule has 1 aromatic rings. The van der Waals surface area contributed by atoms with Crippen LogP contribution in [0.2, 0.25) is 0 Å². The largest absolute Gasteiger partial charge is 0.492 e. The highest BCUT2D eigenvalue weighted by atomic mass is 16.5. The van der Waals surface area contributed by atoms with Gasteiger partial charge in [-0.2, -0.15) is 0 Å². The predicted molar refractivity (Wildman–Crippen MR) is 70.4 cm³/mol. The molecule has 1 rings (SSSR count). The van der Waals surface area contributed by atoms with Crippen LogP contribution in [0.25, 0.3) is 0 Å². The number of ether oxygens (including phenoxy) is 1. The number of benzene rings is 1. The Labute approximate surface area is 104 Å². The second kappa shape index (κ2) is 6.62. The molecule has 0 radical (unpaired) electrons. The molecule has 1 aromatic carbocycles. The normalized spacial score (nSPS) is 16.3. The van der Waals surface area contributed by atoms with Crippen molar-refractivity contribution in [1.29, 1.82) is 0 Å². The molecular formula is C14H23NO2. The highest BCUT2D eigenvalue weighted by molar-refractivity contribution is 5.26. The first-order valence-electron chi connectivity index (χ1n) is 6.12. The van der Waals surface area contributed by atoms with Gasteiger partial charge in [-0.1, -0.05) is 17.7 Å². The van der Waals surface area contributed by atoms with Gasteiger partial charge in [-0.15, -0.1) is 0 Å². The van der Waals surface area contributed by atoms with E-state index >= 15 is 0 Å². The lowest BCUT2D eigenvalue weighted by molar-refractivity contribution is 0.139. The summed E-state index contributed by atoms with van der Waals surface area (Å²) in [6.45, 7) is 8.45. The average Bonchev–Trinajstić information content (AvgIpc) is 2.28. The smallest absolute Gasteiger partial charge is 0.119 e. The molecule has 3 heteroatoms. The van der Waals surface area contributed by atoms with E-state index in [0.29, 0.717) is 6.61 Å². The van der Waals surface area contributed by atoms with E-state index in [0.717, 1.165) is 5.75 Å². The van der Waals surface area contributed by atoms with Gasteiger partial charge < -0.3 is 15.2 Å². The zero-order valence-corrected chi connectivity index (χ0v) is 11.1. The number of aryl methyl sites for hydroxylation is 1. The Morgan fingerprint density at radius 3 is 2.29 bits per heavy atom. The molecule has 3 atom stereocenters. The Hall–Kier alpha value is -1.06. The summed E-state index contributed by atoms with van der Waals surface area (Å²) in [5.41, 5.74) is 1.23. The molecule has 0 heterocycles. The Bertz CT molecular complexity index is 321. The summed E-state index contributed by atoms with van der Waals surface area (Å²) in [6, 6.07) is 8.30. The molecule has 3 nitrogen and oxygen atoms in total. The molecule has 2 N–H and O–H groups in total. The number of hydrogen-bond donors (Lipinski definition) is 2. The Morgan fingerprint density at radius 2 is 1.76 bits per heavy atom. The lowest BCUT2D eigenvalue weighted by atomic mass is 10.2. The molecule has 0 saturated carbocycles. The Kier molecular flexibility index (Phi) is 5.45. The van der Waals surface area contributed by atoms with E-state index in [1.807, 2.05) is 38.1 Å². The van der Waals surface area contributed by atoms with Crippen molar-refractivity contribution in [3.63, 3.8) is 0 Å². The van der Waals surface area contributed by atoms with Crippen molar-refractivity contribution in [1.82, 2.24) is 5.32 Å². The maximum absolute atomic E-state index is 9.38. The van der Waals surface area contributed by atoms with Crippen molar-refractivity contribution < 1.29 is 9.84 Å². The van der Waals surface area contributed by atoms with Gasteiger partial charge in [0.05, 0.1) is 6.10 Å². The summed E-state index contributed by atoms with van der Waals surface area (Å²) in [5.74, 6) is 0.883. The average molecular weight is 237 g/mol. The van der Waals surface area contributed by atoms with Gasteiger partial charge in [-0.3, -0.25) is 0 Å². The minimum Gasteiger partial charge on any atom is -0.492 e. The standard InChI is InChI=1S/C14H23NO2/c1-10-5-7-14(8-6-10)17-9-11(2)15-12(3)13(4)16/h5-8,11-13,15-16H,9H2,1-4H3. The zero-order chi connectivity index (χ0) is 12.8. The minimum atomic E-state index is -0.350. The van der Waals surface area contributed by atoms with Gasteiger partial charge >= 0.3 is 0 Å². The monoisotopic (exact) mass is 237 g/mol. The van der Waals surface area contributed by atoms with Crippen LogP contribution in [0, 0.1) is 6.92 Å². The number of aliphatic hydroxyl groups is 1. The molecule has 0 spiro atoms. The Morgan fingerprint density at radius 1 is 1.18 bits per heavy atom. The van der Waals surface area contributed by atoms with Crippen LogP contribution >= 0.6 is 0 Å². The number of nitrogens with one attached hydrogen (secondary N) is 1. The summed E-state index contributed by atoms with van der Waals surface area (Å²) < 4.78 is 5.66. The van der Waals surface area contributed by atoms with E-state index in [4.69, 9.17) is 4.74 Å². The highest BCUT2D eigenvalue weighted by Gasteiger charge is 2.12. The van der Waals surface area contributed by atoms with Crippen molar-refractivity contribution in [2.45, 2.75) is 45.9 Å². The first-order chi connectivity index (χ1) is 7.99. The minimum absolute atomic E-state index is 0.0756. The molecule has 3 unspecified atom stereocenters. The fraction of sp³-hybridized carbons (Fsp3) is 0.571. The molecule has 0 aliphatic heterocycles. The SMILES string of the molecule is Cc1ccc(OCC(C)NC(C)C(C)O)cc1. The van der Waals surface area contributed by atoms with Crippen molar-refractivity contribution in [3.8, 4) is 5.75 Å². The van der Waals surface area contributed by atoms with Gasteiger partial charge in [0.25, 0.3) is 0 Å². The van der Waals surface area contributed by atoms with E-state index < -0.39 is 0 Å². The first-order valence-corrected chi connectivity index (χ1v) is 6.12. The summed E-state index contributed by atoms with van der Waals surface area (Å²) in [4.78, 5) is 0. The van der Waals surface area contributed by atoms with E-state index in [1.165, 1.54) is 5.56 Å². The van der Waals surface area contributed by atoms with Crippen molar-refractivity contribution >= 4 is 0 Å². The molecular weight excluding hydrogens is 214 g/mol. The van der Waals surface area contributed by atoms with Gasteiger partial charge in [0.2, 0.25) is 0 Å². The van der Waals surface area contributed by atoms with Crippen LogP contribution in [-0.4, -0.2) is 29.9 Å². The van der Waals surface area contributed by atoms with Crippen LogP contribution in [0.5, 0.6) is 5.75 Å². The summed E-state index contributed by atoms with van der Waals surface area (Å²) in [5, 5.41) is 12.7. The molecule has 0 aromatic heterocycles. The molecule has 0 bridgehead atoms. The van der Waals surface area contributed by atoms with Crippen LogP contribution in [0.15, 0.2) is 24.3 Å². The second-order valence-corrected chi connectivity index (χ2v) is 4.72. The summed E-state index contributed by atoms with van der Waals surface area (Å²) in [6.07, 6.45) is -0.350. The van der Waals surface area contributed by atoms with Gasteiger partial charge in [0.15, 0.2) is 0 Å². The van der Waals surface area contributed by atoms with E-state index in [-0.39, 0.29) is 18.2 Å². The summed E-state index contributed by atoms with van der Waals surface area (Å²) in [7, 11) is 0. The topological polar surface area (TPSA) is 41.5 Å². The molecule has 0 aliphatic carbocycles. The van der Waals surface area contributed by atoms with E-state index in [9.17, 15) is 5.11 Å². The molecule has 0 amide bonds. The lowest BCUT2D eigenvalue weighted by Gasteiger charge is -2.22. The predicted octanol–water partition coefficient (Wildman–Crippen LogP) is 2.12. The van der Waals surface area contributed by atoms with E-state index in [2.05, 4.69) is 12.2 Å². The quantitative estimate of drug-likeness (QED) is 0.796. The van der Waals surface area contributed by atoms with Gasteiger partial charge in [0, 0.05) is 12.1 Å². The first kappa shape index (κ1) is 14.0. The number of hydrogen-bond acceptors (Lipinski definition) is 3. The van der Waals surface area contributed by atoms with E-state index in [1.54, 1.807) is 6.92 Å². The third-order valence-electron chi connectivity index (χ3n) is 2.79. The number of aliphatic hydroxyl groups excluding tert-OH is 1. The maximum atomic E-state index is 9.38. The molecule has 0 saturated heterocycles.